The van der Waals surface area contributed by atoms with Crippen molar-refractivity contribution >= 4 is 23.3 Å². The Morgan fingerprint density at radius 3 is 1.71 bits per heavy atom. The van der Waals surface area contributed by atoms with Crippen molar-refractivity contribution in [2.75, 3.05) is 14.2 Å². The molecule has 2 aromatic rings. The Kier molecular flexibility index (Phi) is 10.3. The number of benzene rings is 2. The topological polar surface area (TPSA) is 75.7 Å². The quantitative estimate of drug-likeness (QED) is 0.324. The van der Waals surface area contributed by atoms with Crippen LogP contribution in [0.3, 0.4) is 0 Å². The smallest absolute Gasteiger partial charge is 0.744 e. The summed E-state index contributed by atoms with van der Waals surface area (Å²) in [5.74, 6) is 1.25. The van der Waals surface area contributed by atoms with E-state index in [1.807, 2.05) is 24.3 Å². The van der Waals surface area contributed by atoms with Crippen LogP contribution in [0.2, 0.25) is 0 Å². The molecule has 180 valence electrons. The molecule has 0 unspecified atom stereocenters. The summed E-state index contributed by atoms with van der Waals surface area (Å²) >= 11 is 0. The molecule has 0 saturated heterocycles. The Hall–Kier alpha value is -0.620. The van der Waals surface area contributed by atoms with Crippen molar-refractivity contribution in [2.45, 2.75) is 80.4 Å². The number of methoxy groups -OCH3 is 2. The molecule has 0 atom stereocenters. The molecule has 2 saturated carbocycles. The molecule has 0 heterocycles. The van der Waals surface area contributed by atoms with Crippen LogP contribution in [0.4, 0.5) is 0 Å². The second-order valence-electron chi connectivity index (χ2n) is 9.13. The molecule has 0 bridgehead atoms. The molecule has 5 nitrogen and oxygen atoms in total. The predicted octanol–water partition coefficient (Wildman–Crippen LogP) is 3.05. The van der Waals surface area contributed by atoms with Gasteiger partial charge in [0.25, 0.3) is 0 Å². The Morgan fingerprint density at radius 2 is 1.26 bits per heavy atom. The second kappa shape index (κ2) is 12.6. The minimum absolute atomic E-state index is 0. The first kappa shape index (κ1) is 28.0. The van der Waals surface area contributed by atoms with Gasteiger partial charge in [0, 0.05) is 5.30 Å². The van der Waals surface area contributed by atoms with Crippen LogP contribution in [0, 0.1) is 0 Å². The molecular weight excluding hydrogens is 478 g/mol. The summed E-state index contributed by atoms with van der Waals surface area (Å²) in [6.45, 7) is 0. The number of hydrogen-bond donors (Lipinski definition) is 0. The van der Waals surface area contributed by atoms with Crippen LogP contribution in [-0.2, 0) is 10.1 Å². The molecule has 2 aliphatic rings. The first-order valence-corrected chi connectivity index (χ1v) is 14.9. The van der Waals surface area contributed by atoms with Crippen LogP contribution in [0.5, 0.6) is 11.5 Å². The maximum Gasteiger partial charge on any atom is 1.00 e. The first-order valence-electron chi connectivity index (χ1n) is 12.0. The SMILES string of the molecule is COc1cccc(OC)c1-c1cccc(S(=O)(=O)[O-])c1P(C1CCCCC1)C1CCCCC1.[Na+]. The fourth-order valence-electron chi connectivity index (χ4n) is 5.69. The molecule has 4 rings (SSSR count). The zero-order valence-electron chi connectivity index (χ0n) is 20.6. The van der Waals surface area contributed by atoms with Crippen molar-refractivity contribution < 1.29 is 52.0 Å². The minimum atomic E-state index is -4.64. The zero-order chi connectivity index (χ0) is 23.4. The van der Waals surface area contributed by atoms with E-state index >= 15 is 0 Å². The van der Waals surface area contributed by atoms with Crippen molar-refractivity contribution in [3.05, 3.63) is 36.4 Å². The average molecular weight is 513 g/mol. The van der Waals surface area contributed by atoms with Crippen LogP contribution in [-0.4, -0.2) is 38.5 Å². The van der Waals surface area contributed by atoms with Crippen molar-refractivity contribution in [1.82, 2.24) is 0 Å². The van der Waals surface area contributed by atoms with Gasteiger partial charge in [-0.25, -0.2) is 8.42 Å². The molecule has 2 aliphatic carbocycles. The van der Waals surface area contributed by atoms with Crippen molar-refractivity contribution in [3.8, 4) is 22.6 Å². The predicted molar refractivity (Wildman–Crippen MR) is 133 cm³/mol. The molecule has 0 aliphatic heterocycles. The fourth-order valence-corrected chi connectivity index (χ4v) is 10.9. The Bertz CT molecular complexity index is 1020. The van der Waals surface area contributed by atoms with Gasteiger partial charge in [-0.3, -0.25) is 0 Å². The van der Waals surface area contributed by atoms with Gasteiger partial charge < -0.3 is 14.0 Å². The molecule has 34 heavy (non-hydrogen) atoms. The van der Waals surface area contributed by atoms with Crippen molar-refractivity contribution in [1.29, 1.82) is 0 Å². The molecule has 2 fully saturated rings. The van der Waals surface area contributed by atoms with Gasteiger partial charge in [0.1, 0.15) is 21.6 Å². The van der Waals surface area contributed by atoms with Crippen molar-refractivity contribution in [2.24, 2.45) is 0 Å². The van der Waals surface area contributed by atoms with Gasteiger partial charge in [0.15, 0.2) is 0 Å². The zero-order valence-corrected chi connectivity index (χ0v) is 24.3. The van der Waals surface area contributed by atoms with E-state index in [-0.39, 0.29) is 34.5 Å². The maximum atomic E-state index is 12.6. The van der Waals surface area contributed by atoms with E-state index in [1.165, 1.54) is 44.6 Å². The van der Waals surface area contributed by atoms with Crippen LogP contribution in [0.25, 0.3) is 11.1 Å². The third-order valence-corrected chi connectivity index (χ3v) is 11.8. The van der Waals surface area contributed by atoms with Gasteiger partial charge >= 0.3 is 29.6 Å². The van der Waals surface area contributed by atoms with E-state index in [0.29, 0.717) is 22.8 Å². The summed E-state index contributed by atoms with van der Waals surface area (Å²) in [4.78, 5) is -0.0461. The van der Waals surface area contributed by atoms with Gasteiger partial charge in [-0.05, 0) is 60.8 Å². The monoisotopic (exact) mass is 512 g/mol. The minimum Gasteiger partial charge on any atom is -0.744 e. The normalized spacial score (nSPS) is 17.9. The summed E-state index contributed by atoms with van der Waals surface area (Å²) in [5.41, 5.74) is 2.41. The van der Waals surface area contributed by atoms with Gasteiger partial charge in [0.2, 0.25) is 0 Å². The molecule has 0 spiro atoms. The molecule has 2 aromatic carbocycles. The van der Waals surface area contributed by atoms with Gasteiger partial charge in [-0.15, -0.1) is 0 Å². The summed E-state index contributed by atoms with van der Waals surface area (Å²) in [5, 5.41) is 0.754. The van der Waals surface area contributed by atoms with Crippen LogP contribution in [0.1, 0.15) is 64.2 Å². The fraction of sp³-hybridized carbons (Fsp3) is 0.538. The van der Waals surface area contributed by atoms with E-state index in [4.69, 9.17) is 9.47 Å². The Morgan fingerprint density at radius 1 is 0.794 bits per heavy atom. The molecule has 0 N–H and O–H groups in total. The average Bonchev–Trinajstić information content (AvgIpc) is 2.84. The van der Waals surface area contributed by atoms with Crippen LogP contribution < -0.4 is 44.3 Å². The first-order chi connectivity index (χ1) is 16.0. The number of rotatable bonds is 7. The van der Waals surface area contributed by atoms with Crippen molar-refractivity contribution in [3.63, 3.8) is 0 Å². The largest absolute Gasteiger partial charge is 1.00 e. The second-order valence-corrected chi connectivity index (χ2v) is 13.2. The maximum absolute atomic E-state index is 12.6. The number of hydrogen-bond acceptors (Lipinski definition) is 5. The molecule has 0 amide bonds. The van der Waals surface area contributed by atoms with Gasteiger partial charge in [0.05, 0.1) is 24.7 Å². The third-order valence-electron chi connectivity index (χ3n) is 7.16. The molecule has 0 aromatic heterocycles. The van der Waals surface area contributed by atoms with E-state index in [2.05, 4.69) is 0 Å². The summed E-state index contributed by atoms with van der Waals surface area (Å²) in [6.07, 6.45) is 11.6. The van der Waals surface area contributed by atoms with E-state index in [1.54, 1.807) is 20.3 Å². The van der Waals surface area contributed by atoms with Crippen LogP contribution in [0.15, 0.2) is 41.3 Å². The van der Waals surface area contributed by atoms with E-state index in [9.17, 15) is 13.0 Å². The number of ether oxygens (including phenoxy) is 2. The summed E-state index contributed by atoms with van der Waals surface area (Å²) < 4.78 is 49.2. The van der Waals surface area contributed by atoms with E-state index < -0.39 is 18.0 Å². The van der Waals surface area contributed by atoms with Crippen LogP contribution >= 0.6 is 7.92 Å². The van der Waals surface area contributed by atoms with Gasteiger partial charge in [-0.1, -0.05) is 64.6 Å². The Labute approximate surface area is 227 Å². The molecular formula is C26H34NaO5PS. The summed E-state index contributed by atoms with van der Waals surface area (Å²) in [6, 6.07) is 10.7. The van der Waals surface area contributed by atoms with Gasteiger partial charge in [-0.2, -0.15) is 0 Å². The summed E-state index contributed by atoms with van der Waals surface area (Å²) in [7, 11) is -2.27. The molecule has 8 heteroatoms. The standard InChI is InChI=1S/C26H35O5PS.Na/c1-30-22-16-10-17-23(31-2)25(22)21-15-9-18-24(33(27,28)29)26(21)32(19-11-5-3-6-12-19)20-13-7-4-8-14-20;/h9-10,15-20H,3-8,11-14H2,1-2H3,(H,27,28,29);/q;+1/p-1. The van der Waals surface area contributed by atoms with E-state index in [0.717, 1.165) is 42.1 Å². The Balaban J connectivity index is 0.00000324. The molecule has 0 radical (unpaired) electrons. The third kappa shape index (κ3) is 6.02.